The number of alkyl halides is 3. The van der Waals surface area contributed by atoms with Crippen molar-refractivity contribution in [3.63, 3.8) is 0 Å². The number of hydrogen-bond donors (Lipinski definition) is 5. The summed E-state index contributed by atoms with van der Waals surface area (Å²) in [5, 5.41) is 11.0. The van der Waals surface area contributed by atoms with E-state index in [4.69, 9.17) is 10.5 Å². The Balaban J connectivity index is 0.788. The van der Waals surface area contributed by atoms with Gasteiger partial charge in [0.1, 0.15) is 24.4 Å². The van der Waals surface area contributed by atoms with Gasteiger partial charge < -0.3 is 31.3 Å². The van der Waals surface area contributed by atoms with Crippen molar-refractivity contribution in [1.82, 2.24) is 25.3 Å². The standard InChI is InChI=1S/C48H52F4N8O10/c1-27(48(50,51)52)58(25-28-9-11-30(49)12-10-28)40(63)26-59-45(68)47(70-46(59)69)20-19-29-23-32(14-16-35(29)47)56-41(64)36(53)7-4-6-22-55-38(61)8-3-2-5-21-54-31-13-15-33-34(24-31)44(67)60(43(33)66)37-17-18-39(62)57-42(37)65/h9-16,23-24,27,36-37,54H,2-8,17-22,25-26,53H2,1H3,(H,55,61)(H,56,64)(H,57,62,65)/t27-,36?,37?,47+/m0/s1. The van der Waals surface area contributed by atoms with Crippen LogP contribution in [0.5, 0.6) is 0 Å². The lowest BCUT2D eigenvalue weighted by Gasteiger charge is -2.31. The molecule has 3 aromatic carbocycles. The van der Waals surface area contributed by atoms with Crippen molar-refractivity contribution in [2.24, 2.45) is 5.73 Å². The number of benzene rings is 3. The molecule has 4 atom stereocenters. The molecule has 0 radical (unpaired) electrons. The molecular formula is C48H52F4N8O10. The van der Waals surface area contributed by atoms with Gasteiger partial charge in [-0.3, -0.25) is 48.6 Å². The highest BCUT2D eigenvalue weighted by Gasteiger charge is 2.59. The molecule has 3 heterocycles. The summed E-state index contributed by atoms with van der Waals surface area (Å²) in [7, 11) is 0. The smallest absolute Gasteiger partial charge is 0.418 e. The number of aryl methyl sites for hydroxylation is 1. The third-order valence-corrected chi connectivity index (χ3v) is 12.9. The molecule has 7 rings (SSSR count). The largest absolute Gasteiger partial charge is 0.427 e. The number of nitrogens with zero attached hydrogens (tertiary/aromatic N) is 3. The van der Waals surface area contributed by atoms with Crippen molar-refractivity contribution in [1.29, 1.82) is 0 Å². The number of halogens is 4. The lowest BCUT2D eigenvalue weighted by Crippen LogP contribution is -2.54. The van der Waals surface area contributed by atoms with Crippen molar-refractivity contribution in [3.8, 4) is 0 Å². The summed E-state index contributed by atoms with van der Waals surface area (Å²) in [5.74, 6) is -5.60. The molecule has 1 aliphatic carbocycles. The fraction of sp³-hybridized carbons (Fsp3) is 0.438. The summed E-state index contributed by atoms with van der Waals surface area (Å²) < 4.78 is 60.5. The predicted molar refractivity (Wildman–Crippen MR) is 241 cm³/mol. The highest BCUT2D eigenvalue weighted by atomic mass is 19.4. The summed E-state index contributed by atoms with van der Waals surface area (Å²) in [4.78, 5) is 117. The lowest BCUT2D eigenvalue weighted by atomic mass is 9.94. The number of piperidine rings is 1. The van der Waals surface area contributed by atoms with Gasteiger partial charge in [-0.1, -0.05) is 24.6 Å². The highest BCUT2D eigenvalue weighted by Crippen LogP contribution is 2.46. The molecule has 0 bridgehead atoms. The van der Waals surface area contributed by atoms with E-state index in [2.05, 4.69) is 21.3 Å². The first-order valence-electron chi connectivity index (χ1n) is 23.0. The average molecular weight is 977 g/mol. The number of unbranched alkanes of at least 4 members (excludes halogenated alkanes) is 3. The van der Waals surface area contributed by atoms with Crippen LogP contribution in [0.1, 0.15) is 109 Å². The predicted octanol–water partition coefficient (Wildman–Crippen LogP) is 4.55. The van der Waals surface area contributed by atoms with Crippen LogP contribution >= 0.6 is 0 Å². The first kappa shape index (κ1) is 50.6. The Morgan fingerprint density at radius 2 is 1.60 bits per heavy atom. The van der Waals surface area contributed by atoms with Crippen LogP contribution in [0.2, 0.25) is 0 Å². The van der Waals surface area contributed by atoms with E-state index >= 15 is 0 Å². The molecule has 70 heavy (non-hydrogen) atoms. The second-order valence-electron chi connectivity index (χ2n) is 17.7. The van der Waals surface area contributed by atoms with Crippen molar-refractivity contribution in [2.45, 2.75) is 114 Å². The van der Waals surface area contributed by atoms with Crippen LogP contribution < -0.4 is 27.0 Å². The fourth-order valence-corrected chi connectivity index (χ4v) is 8.93. The first-order valence-corrected chi connectivity index (χ1v) is 23.0. The molecule has 6 N–H and O–H groups in total. The molecule has 2 fully saturated rings. The van der Waals surface area contributed by atoms with Crippen LogP contribution in [0.3, 0.4) is 0 Å². The van der Waals surface area contributed by atoms with Gasteiger partial charge in [0.2, 0.25) is 35.1 Å². The van der Waals surface area contributed by atoms with E-state index in [0.29, 0.717) is 77.5 Å². The number of fused-ring (bicyclic) bond motifs is 3. The number of nitrogens with one attached hydrogen (secondary N) is 4. The SMILES string of the molecule is C[C@H](N(Cc1ccc(F)cc1)C(=O)CN1C(=O)O[C@@]2(CCc3cc(NC(=O)C(N)CCCCNC(=O)CCCCCNc4ccc5c(c4)C(=O)N(C4CCC(=O)NC4=O)C5=O)ccc32)C1=O)C(F)(F)F. The van der Waals surface area contributed by atoms with E-state index in [1.165, 1.54) is 30.3 Å². The maximum atomic E-state index is 13.8. The number of hydrogen-bond acceptors (Lipinski definition) is 12. The number of carbonyl (C=O) groups excluding carboxylic acids is 9. The van der Waals surface area contributed by atoms with Crippen LogP contribution in [0.15, 0.2) is 60.7 Å². The van der Waals surface area contributed by atoms with Gasteiger partial charge in [0.15, 0.2) is 0 Å². The van der Waals surface area contributed by atoms with Crippen molar-refractivity contribution in [2.75, 3.05) is 30.3 Å². The molecule has 1 spiro atoms. The van der Waals surface area contributed by atoms with Crippen LogP contribution in [0.4, 0.5) is 33.7 Å². The Kier molecular flexibility index (Phi) is 15.3. The Morgan fingerprint density at radius 3 is 2.33 bits per heavy atom. The second-order valence-corrected chi connectivity index (χ2v) is 17.7. The minimum absolute atomic E-state index is 0.00832. The van der Waals surface area contributed by atoms with E-state index in [1.807, 2.05) is 0 Å². The number of amides is 9. The molecule has 18 nitrogen and oxygen atoms in total. The Hall–Kier alpha value is -7.23. The van der Waals surface area contributed by atoms with Gasteiger partial charge in [-0.05, 0) is 105 Å². The van der Waals surface area contributed by atoms with Gasteiger partial charge >= 0.3 is 12.3 Å². The summed E-state index contributed by atoms with van der Waals surface area (Å²) in [5.41, 5.74) is 6.77. The topological polar surface area (TPSA) is 247 Å². The van der Waals surface area contributed by atoms with Gasteiger partial charge in [0.25, 0.3) is 17.7 Å². The maximum Gasteiger partial charge on any atom is 0.418 e. The van der Waals surface area contributed by atoms with Gasteiger partial charge in [-0.15, -0.1) is 0 Å². The number of ether oxygens (including phenoxy) is 1. The van der Waals surface area contributed by atoms with E-state index in [-0.39, 0.29) is 48.3 Å². The zero-order valence-electron chi connectivity index (χ0n) is 38.1. The first-order chi connectivity index (χ1) is 33.3. The highest BCUT2D eigenvalue weighted by molar-refractivity contribution is 6.23. The number of imide groups is 3. The van der Waals surface area contributed by atoms with Crippen LogP contribution in [-0.4, -0.2) is 112 Å². The fourth-order valence-electron chi connectivity index (χ4n) is 8.93. The minimum Gasteiger partial charge on any atom is -0.427 e. The molecule has 3 aliphatic heterocycles. The van der Waals surface area contributed by atoms with Crippen LogP contribution in [0, 0.1) is 5.82 Å². The van der Waals surface area contributed by atoms with Crippen molar-refractivity contribution < 1.29 is 65.4 Å². The number of rotatable bonds is 20. The number of anilines is 2. The third kappa shape index (κ3) is 11.1. The van der Waals surface area contributed by atoms with E-state index in [9.17, 15) is 60.7 Å². The van der Waals surface area contributed by atoms with Gasteiger partial charge in [0.05, 0.1) is 17.2 Å². The van der Waals surface area contributed by atoms with Gasteiger partial charge in [0, 0.05) is 55.8 Å². The molecule has 372 valence electrons. The quantitative estimate of drug-likeness (QED) is 0.0595. The minimum atomic E-state index is -4.85. The van der Waals surface area contributed by atoms with Gasteiger partial charge in [-0.25, -0.2) is 14.1 Å². The van der Waals surface area contributed by atoms with E-state index < -0.39 is 96.3 Å². The molecule has 0 saturated carbocycles. The van der Waals surface area contributed by atoms with E-state index in [1.54, 1.807) is 18.2 Å². The molecule has 3 aromatic rings. The maximum absolute atomic E-state index is 13.8. The van der Waals surface area contributed by atoms with Gasteiger partial charge in [-0.2, -0.15) is 13.2 Å². The average Bonchev–Trinajstić information content (AvgIpc) is 3.89. The molecule has 22 heteroatoms. The molecule has 9 amide bonds. The zero-order valence-corrected chi connectivity index (χ0v) is 38.1. The lowest BCUT2D eigenvalue weighted by molar-refractivity contribution is -0.187. The molecule has 0 aromatic heterocycles. The zero-order chi connectivity index (χ0) is 50.5. The molecule has 2 saturated heterocycles. The summed E-state index contributed by atoms with van der Waals surface area (Å²) in [6, 6.07) is 9.67. The van der Waals surface area contributed by atoms with Crippen molar-refractivity contribution in [3.05, 3.63) is 94.3 Å². The van der Waals surface area contributed by atoms with Crippen LogP contribution in [0.25, 0.3) is 0 Å². The number of carbonyl (C=O) groups is 9. The Bertz CT molecular complexity index is 2590. The normalized spacial score (nSPS) is 19.4. The third-order valence-electron chi connectivity index (χ3n) is 12.9. The van der Waals surface area contributed by atoms with Crippen LogP contribution in [-0.2, 0) is 52.1 Å². The summed E-state index contributed by atoms with van der Waals surface area (Å²) >= 11 is 0. The number of nitrogens with two attached hydrogens (primary N) is 1. The molecule has 4 aliphatic rings. The Morgan fingerprint density at radius 1 is 0.886 bits per heavy atom. The second kappa shape index (κ2) is 21.2. The summed E-state index contributed by atoms with van der Waals surface area (Å²) in [6.07, 6.45) is -1.88. The molecule has 2 unspecified atom stereocenters. The monoisotopic (exact) mass is 976 g/mol. The van der Waals surface area contributed by atoms with Crippen molar-refractivity contribution >= 4 is 64.7 Å². The summed E-state index contributed by atoms with van der Waals surface area (Å²) in [6.45, 7) is 0.109. The Labute approximate surface area is 399 Å². The molecular weight excluding hydrogens is 925 g/mol. The van der Waals surface area contributed by atoms with E-state index in [0.717, 1.165) is 36.8 Å².